The Kier molecular flexibility index (Phi) is 3.22. The highest BCUT2D eigenvalue weighted by molar-refractivity contribution is 7.14. The van der Waals surface area contributed by atoms with E-state index < -0.39 is 5.54 Å². The summed E-state index contributed by atoms with van der Waals surface area (Å²) in [6, 6.07) is 0. The zero-order valence-corrected chi connectivity index (χ0v) is 12.5. The molecule has 1 saturated heterocycles. The Morgan fingerprint density at radius 3 is 2.95 bits per heavy atom. The van der Waals surface area contributed by atoms with E-state index in [1.807, 2.05) is 0 Å². The lowest BCUT2D eigenvalue weighted by Crippen LogP contribution is -2.60. The van der Waals surface area contributed by atoms with Gasteiger partial charge >= 0.3 is 0 Å². The van der Waals surface area contributed by atoms with Gasteiger partial charge in [0, 0.05) is 24.3 Å². The number of anilines is 1. The summed E-state index contributed by atoms with van der Waals surface area (Å²) in [6.07, 6.45) is 0.689. The second kappa shape index (κ2) is 4.81. The number of amides is 3. The van der Waals surface area contributed by atoms with Crippen molar-refractivity contribution < 1.29 is 19.2 Å². The summed E-state index contributed by atoms with van der Waals surface area (Å²) in [5, 5.41) is 9.22. The van der Waals surface area contributed by atoms with Gasteiger partial charge in [0.1, 0.15) is 10.5 Å². The summed E-state index contributed by atoms with van der Waals surface area (Å²) in [5.41, 5.74) is -0.0286. The third-order valence-electron chi connectivity index (χ3n) is 3.79. The Morgan fingerprint density at radius 2 is 2.29 bits per heavy atom. The van der Waals surface area contributed by atoms with Crippen molar-refractivity contribution in [3.05, 3.63) is 10.9 Å². The monoisotopic (exact) mass is 309 g/mol. The molecule has 0 saturated carbocycles. The van der Waals surface area contributed by atoms with Gasteiger partial charge in [-0.25, -0.2) is 0 Å². The lowest BCUT2D eigenvalue weighted by molar-refractivity contribution is -0.169. The quantitative estimate of drug-likeness (QED) is 0.796. The van der Waals surface area contributed by atoms with E-state index >= 15 is 0 Å². The SMILES string of the molecule is CC(=O)Nc1scc2c1CN([C@@]1(C)CCC(=O)NC1=O)O2. The van der Waals surface area contributed by atoms with Crippen LogP contribution in [-0.2, 0) is 20.9 Å². The van der Waals surface area contributed by atoms with Crippen molar-refractivity contribution in [2.45, 2.75) is 38.8 Å². The van der Waals surface area contributed by atoms with Gasteiger partial charge in [0.15, 0.2) is 5.75 Å². The fourth-order valence-corrected chi connectivity index (χ4v) is 3.38. The van der Waals surface area contributed by atoms with Crippen molar-refractivity contribution in [1.82, 2.24) is 10.4 Å². The Bertz CT molecular complexity index is 641. The third kappa shape index (κ3) is 2.30. The van der Waals surface area contributed by atoms with E-state index in [0.29, 0.717) is 18.7 Å². The van der Waals surface area contributed by atoms with Gasteiger partial charge in [-0.05, 0) is 13.3 Å². The minimum absolute atomic E-state index is 0.148. The summed E-state index contributed by atoms with van der Waals surface area (Å²) < 4.78 is 0. The molecule has 3 heterocycles. The number of carbonyl (C=O) groups excluding carboxylic acids is 3. The predicted molar refractivity (Wildman–Crippen MR) is 75.6 cm³/mol. The fourth-order valence-electron chi connectivity index (χ4n) is 2.46. The fraction of sp³-hybridized carbons (Fsp3) is 0.462. The maximum absolute atomic E-state index is 12.1. The second-order valence-corrected chi connectivity index (χ2v) is 6.25. The number of nitrogens with zero attached hydrogens (tertiary/aromatic N) is 1. The van der Waals surface area contributed by atoms with Gasteiger partial charge in [-0.1, -0.05) is 0 Å². The molecule has 2 N–H and O–H groups in total. The van der Waals surface area contributed by atoms with E-state index in [2.05, 4.69) is 10.6 Å². The van der Waals surface area contributed by atoms with Gasteiger partial charge in [0.2, 0.25) is 17.7 Å². The molecule has 0 radical (unpaired) electrons. The van der Waals surface area contributed by atoms with Crippen LogP contribution in [0.25, 0.3) is 0 Å². The molecule has 0 aromatic carbocycles. The Hall–Kier alpha value is -1.93. The summed E-state index contributed by atoms with van der Waals surface area (Å²) in [7, 11) is 0. The van der Waals surface area contributed by atoms with Crippen LogP contribution in [0.15, 0.2) is 5.38 Å². The van der Waals surface area contributed by atoms with E-state index in [0.717, 1.165) is 10.6 Å². The lowest BCUT2D eigenvalue weighted by Gasteiger charge is -2.37. The normalized spacial score (nSPS) is 25.2. The largest absolute Gasteiger partial charge is 0.403 e. The van der Waals surface area contributed by atoms with Crippen molar-refractivity contribution in [2.24, 2.45) is 0 Å². The predicted octanol–water partition coefficient (Wildman–Crippen LogP) is 1.01. The number of nitrogens with one attached hydrogen (secondary N) is 2. The van der Waals surface area contributed by atoms with Gasteiger partial charge < -0.3 is 10.2 Å². The summed E-state index contributed by atoms with van der Waals surface area (Å²) >= 11 is 1.39. The number of rotatable bonds is 2. The molecule has 8 heteroatoms. The molecular weight excluding hydrogens is 294 g/mol. The number of hydroxylamine groups is 2. The van der Waals surface area contributed by atoms with Crippen LogP contribution >= 0.6 is 11.3 Å². The molecule has 0 unspecified atom stereocenters. The van der Waals surface area contributed by atoms with E-state index in [1.165, 1.54) is 18.3 Å². The lowest BCUT2D eigenvalue weighted by atomic mass is 9.90. The van der Waals surface area contributed by atoms with Crippen LogP contribution in [0.3, 0.4) is 0 Å². The molecule has 0 aliphatic carbocycles. The maximum atomic E-state index is 12.1. The molecule has 21 heavy (non-hydrogen) atoms. The number of hydrogen-bond acceptors (Lipinski definition) is 6. The van der Waals surface area contributed by atoms with Gasteiger partial charge in [-0.3, -0.25) is 19.7 Å². The Labute approximate surface area is 125 Å². The van der Waals surface area contributed by atoms with E-state index in [4.69, 9.17) is 4.84 Å². The first-order valence-electron chi connectivity index (χ1n) is 6.58. The van der Waals surface area contributed by atoms with E-state index in [9.17, 15) is 14.4 Å². The zero-order valence-electron chi connectivity index (χ0n) is 11.7. The molecule has 7 nitrogen and oxygen atoms in total. The highest BCUT2D eigenvalue weighted by Gasteiger charge is 2.48. The van der Waals surface area contributed by atoms with E-state index in [-0.39, 0.29) is 24.1 Å². The van der Waals surface area contributed by atoms with Crippen molar-refractivity contribution in [3.8, 4) is 5.75 Å². The molecule has 1 fully saturated rings. The standard InChI is InChI=1S/C13H15N3O4S/c1-7(17)14-11-8-5-16(20-9(8)6-21-11)13(2)4-3-10(18)15-12(13)19/h6H,3-5H2,1-2H3,(H,14,17)(H,15,18,19)/t13-/m0/s1. The van der Waals surface area contributed by atoms with Gasteiger partial charge in [0.25, 0.3) is 0 Å². The molecule has 3 amide bonds. The Morgan fingerprint density at radius 1 is 1.52 bits per heavy atom. The van der Waals surface area contributed by atoms with Crippen LogP contribution in [-0.4, -0.2) is 28.3 Å². The van der Waals surface area contributed by atoms with Gasteiger partial charge in [-0.15, -0.1) is 16.4 Å². The first-order valence-corrected chi connectivity index (χ1v) is 7.46. The zero-order chi connectivity index (χ0) is 15.2. The van der Waals surface area contributed by atoms with Crippen LogP contribution in [0, 0.1) is 0 Å². The smallest absolute Gasteiger partial charge is 0.250 e. The second-order valence-electron chi connectivity index (χ2n) is 5.37. The third-order valence-corrected chi connectivity index (χ3v) is 4.70. The van der Waals surface area contributed by atoms with Gasteiger partial charge in [0.05, 0.1) is 6.54 Å². The molecule has 0 spiro atoms. The minimum Gasteiger partial charge on any atom is -0.403 e. The number of carbonyl (C=O) groups is 3. The minimum atomic E-state index is -0.891. The number of hydrogen-bond donors (Lipinski definition) is 2. The van der Waals surface area contributed by atoms with Crippen LogP contribution in [0.4, 0.5) is 5.00 Å². The number of piperidine rings is 1. The average molecular weight is 309 g/mol. The topological polar surface area (TPSA) is 87.7 Å². The van der Waals surface area contributed by atoms with E-state index in [1.54, 1.807) is 17.4 Å². The molecule has 0 bridgehead atoms. The van der Waals surface area contributed by atoms with Crippen LogP contribution in [0.2, 0.25) is 0 Å². The first-order chi connectivity index (χ1) is 9.90. The van der Waals surface area contributed by atoms with Crippen LogP contribution in [0.5, 0.6) is 5.75 Å². The number of imide groups is 1. The van der Waals surface area contributed by atoms with Crippen LogP contribution in [0.1, 0.15) is 32.3 Å². The average Bonchev–Trinajstić information content (AvgIpc) is 2.96. The molecular formula is C13H15N3O4S. The van der Waals surface area contributed by atoms with Crippen molar-refractivity contribution in [2.75, 3.05) is 5.32 Å². The summed E-state index contributed by atoms with van der Waals surface area (Å²) in [6.45, 7) is 3.59. The first kappa shape index (κ1) is 14.0. The van der Waals surface area contributed by atoms with Crippen molar-refractivity contribution >= 4 is 34.1 Å². The van der Waals surface area contributed by atoms with Crippen molar-refractivity contribution in [3.63, 3.8) is 0 Å². The maximum Gasteiger partial charge on any atom is 0.250 e. The highest BCUT2D eigenvalue weighted by Crippen LogP contribution is 2.43. The number of thiophene rings is 1. The molecule has 112 valence electrons. The van der Waals surface area contributed by atoms with Gasteiger partial charge in [-0.2, -0.15) is 0 Å². The Balaban J connectivity index is 1.81. The number of fused-ring (bicyclic) bond motifs is 1. The van der Waals surface area contributed by atoms with Crippen molar-refractivity contribution in [1.29, 1.82) is 0 Å². The summed E-state index contributed by atoms with van der Waals surface area (Å²) in [4.78, 5) is 40.3. The molecule has 2 aliphatic rings. The molecule has 1 aromatic rings. The molecule has 1 aromatic heterocycles. The molecule has 3 rings (SSSR count). The molecule has 1 atom stereocenters. The van der Waals surface area contributed by atoms with Crippen LogP contribution < -0.4 is 15.5 Å². The highest BCUT2D eigenvalue weighted by atomic mass is 32.1. The molecule has 2 aliphatic heterocycles. The summed E-state index contributed by atoms with van der Waals surface area (Å²) in [5.74, 6) is -0.113.